The molecule has 28 heavy (non-hydrogen) atoms. The van der Waals surface area contributed by atoms with Crippen LogP contribution in [0.1, 0.15) is 17.5 Å². The van der Waals surface area contributed by atoms with Crippen molar-refractivity contribution in [1.82, 2.24) is 18.9 Å². The molecule has 0 aliphatic carbocycles. The fourth-order valence-corrected chi connectivity index (χ4v) is 5.03. The van der Waals surface area contributed by atoms with Gasteiger partial charge in [-0.25, -0.2) is 9.37 Å². The molecule has 3 unspecified atom stereocenters. The fourth-order valence-electron chi connectivity index (χ4n) is 2.83. The topological polar surface area (TPSA) is 83.6 Å². The number of halogens is 2. The van der Waals surface area contributed by atoms with Gasteiger partial charge in [0.1, 0.15) is 34.5 Å². The summed E-state index contributed by atoms with van der Waals surface area (Å²) >= 11 is 5.70. The van der Waals surface area contributed by atoms with Gasteiger partial charge in [0.15, 0.2) is 0 Å². The maximum absolute atomic E-state index is 13.4. The van der Waals surface area contributed by atoms with E-state index in [0.29, 0.717) is 25.2 Å². The first-order valence-electron chi connectivity index (χ1n) is 8.60. The van der Waals surface area contributed by atoms with Crippen LogP contribution < -0.4 is 10.0 Å². The van der Waals surface area contributed by atoms with Crippen molar-refractivity contribution in [1.29, 1.82) is 0 Å². The van der Waals surface area contributed by atoms with Crippen molar-refractivity contribution in [2.45, 2.75) is 18.5 Å². The van der Waals surface area contributed by atoms with E-state index in [-0.39, 0.29) is 17.0 Å². The average Bonchev–Trinajstić information content (AvgIpc) is 3.17. The number of hydrogen-bond donors (Lipinski definition) is 2. The van der Waals surface area contributed by atoms with E-state index in [1.807, 2.05) is 24.4 Å². The quantitative estimate of drug-likeness (QED) is 0.664. The summed E-state index contributed by atoms with van der Waals surface area (Å²) < 4.78 is 30.9. The van der Waals surface area contributed by atoms with Crippen LogP contribution in [-0.2, 0) is 16.3 Å². The molecular formula is C17H21ClFN5O2S2. The summed E-state index contributed by atoms with van der Waals surface area (Å²) in [5, 5.41) is 5.31. The Labute approximate surface area is 175 Å². The summed E-state index contributed by atoms with van der Waals surface area (Å²) in [7, 11) is 3.82. The Bertz CT molecular complexity index is 811. The molecule has 0 saturated carbocycles. The average molecular weight is 446 g/mol. The molecule has 11 heteroatoms. The molecule has 2 N–H and O–H groups in total. The van der Waals surface area contributed by atoms with Crippen LogP contribution in [0, 0.1) is 5.82 Å². The second-order valence-electron chi connectivity index (χ2n) is 6.60. The van der Waals surface area contributed by atoms with E-state index in [2.05, 4.69) is 15.0 Å². The van der Waals surface area contributed by atoms with E-state index < -0.39 is 23.4 Å². The van der Waals surface area contributed by atoms with E-state index in [9.17, 15) is 13.7 Å². The number of hydrogen-bond acceptors (Lipinski definition) is 7. The first-order chi connectivity index (χ1) is 13.3. The monoisotopic (exact) mass is 445 g/mol. The van der Waals surface area contributed by atoms with E-state index >= 15 is 0 Å². The number of nitrogens with one attached hydrogen (secondary N) is 2. The van der Waals surface area contributed by atoms with Gasteiger partial charge in [0.25, 0.3) is 0 Å². The molecule has 1 saturated heterocycles. The first kappa shape index (κ1) is 21.4. The molecule has 3 atom stereocenters. The van der Waals surface area contributed by atoms with Crippen LogP contribution in [0.2, 0.25) is 5.02 Å². The zero-order valence-electron chi connectivity index (χ0n) is 15.4. The van der Waals surface area contributed by atoms with Gasteiger partial charge in [-0.1, -0.05) is 15.9 Å². The predicted octanol–water partition coefficient (Wildman–Crippen LogP) is 2.42. The number of likely N-dealkylation sites (N-methyl/N-ethyl adjacent to an activating group) is 1. The Balaban J connectivity index is 1.79. The van der Waals surface area contributed by atoms with Gasteiger partial charge in [0.05, 0.1) is 11.6 Å². The minimum atomic E-state index is -1.55. The van der Waals surface area contributed by atoms with Gasteiger partial charge < -0.3 is 14.8 Å². The lowest BCUT2D eigenvalue weighted by Crippen LogP contribution is -2.58. The molecule has 3 rings (SSSR count). The Morgan fingerprint density at radius 3 is 3.00 bits per heavy atom. The number of anilines is 1. The molecule has 0 spiro atoms. The Hall–Kier alpha value is -1.27. The van der Waals surface area contributed by atoms with Gasteiger partial charge in [-0.15, -0.1) is 16.1 Å². The molecule has 152 valence electrons. The van der Waals surface area contributed by atoms with Crippen molar-refractivity contribution >= 4 is 46.1 Å². The predicted molar refractivity (Wildman–Crippen MR) is 110 cm³/mol. The normalized spacial score (nSPS) is 23.1. The van der Waals surface area contributed by atoms with E-state index in [0.717, 1.165) is 5.01 Å². The van der Waals surface area contributed by atoms with Gasteiger partial charge in [-0.2, -0.15) is 0 Å². The van der Waals surface area contributed by atoms with E-state index in [1.54, 1.807) is 10.5 Å². The van der Waals surface area contributed by atoms with Gasteiger partial charge in [-0.05, 0) is 32.3 Å². The molecule has 1 aromatic carbocycles. The van der Waals surface area contributed by atoms with Gasteiger partial charge >= 0.3 is 0 Å². The smallest absolute Gasteiger partial charge is 0.246 e. The summed E-state index contributed by atoms with van der Waals surface area (Å²) in [4.78, 5) is 19.2. The SMILES string of the molecule is CN(C)CCN1C(C(=O)Nc2ccc(F)c(Cl)c2)CC(c2nccs2)N[S+]1[O-]. The maximum atomic E-state index is 13.4. The van der Waals surface area contributed by atoms with Crippen LogP contribution in [0.15, 0.2) is 29.8 Å². The molecule has 0 bridgehead atoms. The summed E-state index contributed by atoms with van der Waals surface area (Å²) in [6.07, 6.45) is 2.09. The summed E-state index contributed by atoms with van der Waals surface area (Å²) in [5.74, 6) is -0.878. The highest BCUT2D eigenvalue weighted by Crippen LogP contribution is 2.30. The summed E-state index contributed by atoms with van der Waals surface area (Å²) in [5.41, 5.74) is 0.388. The third-order valence-electron chi connectivity index (χ3n) is 4.27. The Kier molecular flexibility index (Phi) is 7.26. The van der Waals surface area contributed by atoms with Crippen molar-refractivity contribution < 1.29 is 13.7 Å². The molecule has 1 amide bonds. The number of carbonyl (C=O) groups is 1. The molecule has 0 radical (unpaired) electrons. The number of amides is 1. The maximum Gasteiger partial charge on any atom is 0.246 e. The lowest BCUT2D eigenvalue weighted by atomic mass is 10.1. The minimum Gasteiger partial charge on any atom is -0.579 e. The fraction of sp³-hybridized carbons (Fsp3) is 0.412. The van der Waals surface area contributed by atoms with Crippen LogP contribution in [0.3, 0.4) is 0 Å². The molecule has 1 aliphatic heterocycles. The summed E-state index contributed by atoms with van der Waals surface area (Å²) in [6, 6.07) is 3.07. The molecule has 2 aromatic rings. The number of rotatable bonds is 6. The van der Waals surface area contributed by atoms with Gasteiger partial charge in [-0.3, -0.25) is 4.79 Å². The van der Waals surface area contributed by atoms with Crippen LogP contribution in [0.5, 0.6) is 0 Å². The van der Waals surface area contributed by atoms with Crippen LogP contribution in [-0.4, -0.2) is 57.9 Å². The largest absolute Gasteiger partial charge is 0.579 e. The molecule has 1 aliphatic rings. The van der Waals surface area contributed by atoms with Crippen LogP contribution in [0.25, 0.3) is 0 Å². The zero-order valence-corrected chi connectivity index (χ0v) is 17.8. The van der Waals surface area contributed by atoms with Crippen molar-refractivity contribution in [3.05, 3.63) is 45.6 Å². The molecule has 2 heterocycles. The Morgan fingerprint density at radius 1 is 1.57 bits per heavy atom. The third-order valence-corrected chi connectivity index (χ3v) is 6.80. The molecular weight excluding hydrogens is 425 g/mol. The number of nitrogens with zero attached hydrogens (tertiary/aromatic N) is 3. The number of carbonyl (C=O) groups excluding carboxylic acids is 1. The Morgan fingerprint density at radius 2 is 2.36 bits per heavy atom. The van der Waals surface area contributed by atoms with Crippen molar-refractivity contribution in [2.24, 2.45) is 0 Å². The highest BCUT2D eigenvalue weighted by molar-refractivity contribution is 7.87. The number of thiazole rings is 1. The van der Waals surface area contributed by atoms with Crippen molar-refractivity contribution in [2.75, 3.05) is 32.5 Å². The van der Waals surface area contributed by atoms with Crippen LogP contribution in [0.4, 0.5) is 10.1 Å². The summed E-state index contributed by atoms with van der Waals surface area (Å²) in [6.45, 7) is 1.08. The second-order valence-corrected chi connectivity index (χ2v) is 9.14. The van der Waals surface area contributed by atoms with Gasteiger partial charge in [0.2, 0.25) is 5.91 Å². The molecule has 7 nitrogen and oxygen atoms in total. The number of aromatic nitrogens is 1. The minimum absolute atomic E-state index is 0.0724. The van der Waals surface area contributed by atoms with E-state index in [1.165, 1.54) is 29.5 Å². The standard InChI is InChI=1S/C17H21ClFN5O2S2/c1-23(2)6-7-24-15(10-14(22-28(24)26)17-20-5-8-27-17)16(25)21-11-3-4-13(19)12(18)9-11/h3-5,8-9,14-15,22H,6-7,10H2,1-2H3,(H,21,25). The molecule has 1 fully saturated rings. The van der Waals surface area contributed by atoms with Crippen LogP contribution >= 0.6 is 22.9 Å². The van der Waals surface area contributed by atoms with Crippen molar-refractivity contribution in [3.63, 3.8) is 0 Å². The number of benzene rings is 1. The lowest BCUT2D eigenvalue weighted by molar-refractivity contribution is -0.120. The first-order valence-corrected chi connectivity index (χ1v) is 11.0. The van der Waals surface area contributed by atoms with Gasteiger partial charge in [0, 0.05) is 30.2 Å². The third kappa shape index (κ3) is 5.20. The second kappa shape index (κ2) is 9.49. The molecule has 1 aromatic heterocycles. The van der Waals surface area contributed by atoms with E-state index in [4.69, 9.17) is 11.6 Å². The highest BCUT2D eigenvalue weighted by Gasteiger charge is 2.44. The zero-order chi connectivity index (χ0) is 20.3. The lowest BCUT2D eigenvalue weighted by Gasteiger charge is -2.37. The highest BCUT2D eigenvalue weighted by atomic mass is 35.5. The van der Waals surface area contributed by atoms with Crippen molar-refractivity contribution in [3.8, 4) is 0 Å².